The van der Waals surface area contributed by atoms with E-state index in [0.29, 0.717) is 16.5 Å². The van der Waals surface area contributed by atoms with Crippen LogP contribution in [0.15, 0.2) is 12.3 Å². The lowest BCUT2D eigenvalue weighted by atomic mass is 10.2. The molecule has 3 rings (SSSR count). The minimum Gasteiger partial charge on any atom is -0.300 e. The van der Waals surface area contributed by atoms with Crippen molar-refractivity contribution in [3.05, 3.63) is 18.0 Å². The molecule has 20 heavy (non-hydrogen) atoms. The highest BCUT2D eigenvalue weighted by Crippen LogP contribution is 2.49. The van der Waals surface area contributed by atoms with Crippen molar-refractivity contribution in [2.45, 2.75) is 38.4 Å². The summed E-state index contributed by atoms with van der Waals surface area (Å²) in [4.78, 5) is 10.5. The number of Topliss-reactive ketones (excluding diaryl/α,β-unsaturated/α-hetero) is 1. The summed E-state index contributed by atoms with van der Waals surface area (Å²) in [6.07, 6.45) is -3.25. The van der Waals surface area contributed by atoms with E-state index in [0.717, 1.165) is 30.9 Å². The van der Waals surface area contributed by atoms with E-state index >= 15 is 0 Å². The van der Waals surface area contributed by atoms with Crippen LogP contribution in [0, 0.1) is 11.8 Å². The highest BCUT2D eigenvalue weighted by molar-refractivity contribution is 5.82. The largest absolute Gasteiger partial charge is 0.435 e. The van der Waals surface area contributed by atoms with Crippen molar-refractivity contribution < 1.29 is 26.7 Å². The van der Waals surface area contributed by atoms with Gasteiger partial charge in [-0.05, 0) is 24.3 Å². The topological polar surface area (TPSA) is 34.9 Å². The van der Waals surface area contributed by atoms with Crippen LogP contribution >= 0.6 is 0 Å². The van der Waals surface area contributed by atoms with Crippen LogP contribution in [-0.2, 0) is 17.5 Å². The Morgan fingerprint density at radius 1 is 1.30 bits per heavy atom. The number of carbonyl (C=O) groups excluding carboxylic acids is 1. The summed E-state index contributed by atoms with van der Waals surface area (Å²) in [7, 11) is 0. The standard InChI is InChI=1S/C6H5F5N2.C6H8O/c7-5(8)3-13-2-1-4(12-13)6(9,10)11;7-6-2-4-1-5(4)3-6/h1-2,5H,3H2;4-5H,1-3H2. The molecule has 0 aromatic carbocycles. The molecule has 8 heteroatoms. The minimum absolute atomic E-state index is 0.501. The molecule has 1 aromatic rings. The molecular weight excluding hydrogens is 283 g/mol. The molecule has 0 radical (unpaired) electrons. The molecule has 1 aromatic heterocycles. The number of fused-ring (bicyclic) bond motifs is 1. The highest BCUT2D eigenvalue weighted by Gasteiger charge is 2.45. The highest BCUT2D eigenvalue weighted by atomic mass is 19.4. The van der Waals surface area contributed by atoms with Crippen LogP contribution in [-0.4, -0.2) is 22.0 Å². The molecule has 0 N–H and O–H groups in total. The van der Waals surface area contributed by atoms with Gasteiger partial charge in [-0.3, -0.25) is 9.48 Å². The summed E-state index contributed by atoms with van der Waals surface area (Å²) in [5, 5.41) is 2.93. The molecule has 1 heterocycles. The number of rotatable bonds is 2. The first-order chi connectivity index (χ1) is 9.25. The molecule has 0 bridgehead atoms. The summed E-state index contributed by atoms with van der Waals surface area (Å²) in [6.45, 7) is -0.823. The van der Waals surface area contributed by atoms with Crippen molar-refractivity contribution in [2.75, 3.05) is 0 Å². The predicted octanol–water partition coefficient (Wildman–Crippen LogP) is 3.15. The Morgan fingerprint density at radius 3 is 2.25 bits per heavy atom. The quantitative estimate of drug-likeness (QED) is 0.786. The van der Waals surface area contributed by atoms with E-state index < -0.39 is 24.8 Å². The minimum atomic E-state index is -4.58. The number of ketones is 1. The third-order valence-electron chi connectivity index (χ3n) is 3.30. The smallest absolute Gasteiger partial charge is 0.300 e. The molecule has 2 aliphatic carbocycles. The first-order valence-electron chi connectivity index (χ1n) is 6.16. The van der Waals surface area contributed by atoms with E-state index in [4.69, 9.17) is 0 Å². The third-order valence-corrected chi connectivity index (χ3v) is 3.30. The van der Waals surface area contributed by atoms with Gasteiger partial charge in [-0.1, -0.05) is 0 Å². The second-order valence-electron chi connectivity index (χ2n) is 5.01. The molecule has 112 valence electrons. The molecule has 2 aliphatic rings. The van der Waals surface area contributed by atoms with Gasteiger partial charge >= 0.3 is 6.18 Å². The van der Waals surface area contributed by atoms with E-state index in [1.807, 2.05) is 0 Å². The van der Waals surface area contributed by atoms with Gasteiger partial charge in [-0.2, -0.15) is 18.3 Å². The molecule has 0 amide bonds. The van der Waals surface area contributed by atoms with E-state index in [-0.39, 0.29) is 0 Å². The van der Waals surface area contributed by atoms with Crippen LogP contribution < -0.4 is 0 Å². The van der Waals surface area contributed by atoms with E-state index in [1.165, 1.54) is 6.42 Å². The summed E-state index contributed by atoms with van der Waals surface area (Å²) >= 11 is 0. The molecule has 0 saturated heterocycles. The van der Waals surface area contributed by atoms with Gasteiger partial charge in [-0.15, -0.1) is 0 Å². The van der Waals surface area contributed by atoms with Crippen LogP contribution in [0.25, 0.3) is 0 Å². The SMILES string of the molecule is FC(F)Cn1ccc(C(F)(F)F)n1.O=C1CC2CC2C1. The molecule has 2 fully saturated rings. The lowest BCUT2D eigenvalue weighted by molar-refractivity contribution is -0.141. The molecule has 2 saturated carbocycles. The van der Waals surface area contributed by atoms with Crippen LogP contribution in [0.3, 0.4) is 0 Å². The number of halogens is 5. The maximum Gasteiger partial charge on any atom is 0.435 e. The van der Waals surface area contributed by atoms with Gasteiger partial charge in [0.05, 0.1) is 0 Å². The lowest BCUT2D eigenvalue weighted by Crippen LogP contribution is -2.11. The Hall–Kier alpha value is -1.47. The zero-order valence-corrected chi connectivity index (χ0v) is 10.4. The molecule has 3 nitrogen and oxygen atoms in total. The first kappa shape index (κ1) is 14.9. The average molecular weight is 296 g/mol. The van der Waals surface area contributed by atoms with Crippen molar-refractivity contribution in [3.8, 4) is 0 Å². The van der Waals surface area contributed by atoms with Gasteiger partial charge in [-0.25, -0.2) is 8.78 Å². The second-order valence-corrected chi connectivity index (χ2v) is 5.01. The fourth-order valence-electron chi connectivity index (χ4n) is 2.23. The van der Waals surface area contributed by atoms with Crippen LogP contribution in [0.5, 0.6) is 0 Å². The van der Waals surface area contributed by atoms with Crippen molar-refractivity contribution >= 4 is 5.78 Å². The molecule has 0 aliphatic heterocycles. The van der Waals surface area contributed by atoms with Gasteiger partial charge in [0.1, 0.15) is 12.3 Å². The number of aromatic nitrogens is 2. The Kier molecular flexibility index (Phi) is 4.10. The molecular formula is C12H13F5N2O. The van der Waals surface area contributed by atoms with Gasteiger partial charge in [0.15, 0.2) is 5.69 Å². The second kappa shape index (κ2) is 5.49. The molecule has 2 unspecified atom stereocenters. The fourth-order valence-corrected chi connectivity index (χ4v) is 2.23. The van der Waals surface area contributed by atoms with Gasteiger partial charge in [0.25, 0.3) is 6.43 Å². The average Bonchev–Trinajstić information content (AvgIpc) is 2.74. The summed E-state index contributed by atoms with van der Waals surface area (Å²) in [6, 6.07) is 0.655. The van der Waals surface area contributed by atoms with Gasteiger partial charge < -0.3 is 0 Å². The van der Waals surface area contributed by atoms with Crippen LogP contribution in [0.2, 0.25) is 0 Å². The van der Waals surface area contributed by atoms with Gasteiger partial charge in [0.2, 0.25) is 0 Å². The number of hydrogen-bond donors (Lipinski definition) is 0. The number of carbonyl (C=O) groups is 1. The number of alkyl halides is 5. The first-order valence-corrected chi connectivity index (χ1v) is 6.16. The number of hydrogen-bond acceptors (Lipinski definition) is 2. The Labute approximate surface area is 111 Å². The maximum atomic E-state index is 11.9. The van der Waals surface area contributed by atoms with E-state index in [1.54, 1.807) is 0 Å². The summed E-state index contributed by atoms with van der Waals surface area (Å²) in [5.74, 6) is 2.18. The van der Waals surface area contributed by atoms with Crippen molar-refractivity contribution in [3.63, 3.8) is 0 Å². The van der Waals surface area contributed by atoms with Crippen molar-refractivity contribution in [1.82, 2.24) is 9.78 Å². The van der Waals surface area contributed by atoms with Crippen molar-refractivity contribution in [2.24, 2.45) is 11.8 Å². The maximum absolute atomic E-state index is 11.9. The predicted molar refractivity (Wildman–Crippen MR) is 59.1 cm³/mol. The van der Waals surface area contributed by atoms with E-state index in [2.05, 4.69) is 5.10 Å². The Morgan fingerprint density at radius 2 is 1.90 bits per heavy atom. The summed E-state index contributed by atoms with van der Waals surface area (Å²) in [5.41, 5.74) is -1.16. The van der Waals surface area contributed by atoms with E-state index in [9.17, 15) is 26.7 Å². The fraction of sp³-hybridized carbons (Fsp3) is 0.667. The normalized spacial score (nSPS) is 24.4. The summed E-state index contributed by atoms with van der Waals surface area (Å²) < 4.78 is 59.6. The zero-order valence-electron chi connectivity index (χ0n) is 10.4. The Balaban J connectivity index is 0.000000173. The monoisotopic (exact) mass is 296 g/mol. The molecule has 0 spiro atoms. The van der Waals surface area contributed by atoms with Gasteiger partial charge in [0, 0.05) is 19.0 Å². The van der Waals surface area contributed by atoms with Crippen LogP contribution in [0.1, 0.15) is 25.0 Å². The zero-order chi connectivity index (χ0) is 14.9. The lowest BCUT2D eigenvalue weighted by Gasteiger charge is -2.01. The van der Waals surface area contributed by atoms with Crippen molar-refractivity contribution in [1.29, 1.82) is 0 Å². The molecule has 2 atom stereocenters. The van der Waals surface area contributed by atoms with Crippen LogP contribution in [0.4, 0.5) is 22.0 Å². The number of nitrogens with zero attached hydrogens (tertiary/aromatic N) is 2. The Bertz CT molecular complexity index is 470. The third kappa shape index (κ3) is 4.01.